The van der Waals surface area contributed by atoms with Gasteiger partial charge in [0.05, 0.1) is 17.5 Å². The van der Waals surface area contributed by atoms with Crippen LogP contribution >= 0.6 is 0 Å². The predicted octanol–water partition coefficient (Wildman–Crippen LogP) is 5.09. The van der Waals surface area contributed by atoms with Gasteiger partial charge in [0.1, 0.15) is 11.6 Å². The van der Waals surface area contributed by atoms with Crippen molar-refractivity contribution in [2.45, 2.75) is 20.0 Å². The van der Waals surface area contributed by atoms with Gasteiger partial charge >= 0.3 is 6.18 Å². The van der Waals surface area contributed by atoms with Crippen LogP contribution in [0, 0.1) is 19.7 Å². The number of anilines is 1. The van der Waals surface area contributed by atoms with Crippen molar-refractivity contribution < 1.29 is 17.6 Å². The molecule has 0 fully saturated rings. The summed E-state index contributed by atoms with van der Waals surface area (Å²) in [6.45, 7) is 3.68. The molecule has 0 atom stereocenters. The number of para-hydroxylation sites is 1. The highest BCUT2D eigenvalue weighted by molar-refractivity contribution is 5.82. The number of hydrogen-bond donors (Lipinski definition) is 1. The van der Waals surface area contributed by atoms with Crippen LogP contribution in [-0.4, -0.2) is 15.8 Å². The van der Waals surface area contributed by atoms with Crippen molar-refractivity contribution in [3.05, 3.63) is 77.0 Å². The number of hydrazone groups is 1. The monoisotopic (exact) mass is 376 g/mol. The van der Waals surface area contributed by atoms with Gasteiger partial charge in [0.2, 0.25) is 0 Å². The van der Waals surface area contributed by atoms with Crippen molar-refractivity contribution in [3.63, 3.8) is 0 Å². The lowest BCUT2D eigenvalue weighted by Crippen LogP contribution is -2.05. The molecule has 0 radical (unpaired) electrons. The summed E-state index contributed by atoms with van der Waals surface area (Å²) in [6.07, 6.45) is -2.18. The van der Waals surface area contributed by atoms with Crippen LogP contribution in [0.5, 0.6) is 0 Å². The number of nitrogens with one attached hydrogen (secondary N) is 1. The highest BCUT2D eigenvalue weighted by Gasteiger charge is 2.30. The molecule has 1 N–H and O–H groups in total. The molecule has 2 aromatic heterocycles. The third-order valence-corrected chi connectivity index (χ3v) is 4.04. The van der Waals surface area contributed by atoms with Gasteiger partial charge in [-0.05, 0) is 44.2 Å². The minimum Gasteiger partial charge on any atom is -0.315 e. The molecule has 0 aliphatic heterocycles. The van der Waals surface area contributed by atoms with Crippen LogP contribution in [0.4, 0.5) is 23.4 Å². The van der Waals surface area contributed by atoms with Crippen molar-refractivity contribution in [2.75, 3.05) is 5.43 Å². The van der Waals surface area contributed by atoms with Gasteiger partial charge in [-0.3, -0.25) is 5.43 Å². The van der Waals surface area contributed by atoms with E-state index in [4.69, 9.17) is 0 Å². The van der Waals surface area contributed by atoms with E-state index in [0.717, 1.165) is 29.2 Å². The van der Waals surface area contributed by atoms with Crippen molar-refractivity contribution in [2.24, 2.45) is 5.10 Å². The highest BCUT2D eigenvalue weighted by atomic mass is 19.4. The van der Waals surface area contributed by atoms with Crippen molar-refractivity contribution >= 4 is 12.0 Å². The maximum absolute atomic E-state index is 14.1. The Morgan fingerprint density at radius 3 is 2.48 bits per heavy atom. The lowest BCUT2D eigenvalue weighted by atomic mass is 10.2. The van der Waals surface area contributed by atoms with Crippen molar-refractivity contribution in [1.82, 2.24) is 9.55 Å². The molecule has 0 bridgehead atoms. The zero-order valence-electron chi connectivity index (χ0n) is 14.5. The molecular formula is C19H16F4N4. The molecule has 0 aliphatic carbocycles. The van der Waals surface area contributed by atoms with E-state index in [-0.39, 0.29) is 11.6 Å². The quantitative estimate of drug-likeness (QED) is 0.391. The van der Waals surface area contributed by atoms with Gasteiger partial charge in [0.15, 0.2) is 0 Å². The average molecular weight is 376 g/mol. The number of pyridine rings is 1. The molecule has 0 unspecified atom stereocenters. The number of rotatable bonds is 4. The second-order valence-corrected chi connectivity index (χ2v) is 5.91. The molecule has 2 heterocycles. The molecule has 1 aromatic carbocycles. The Morgan fingerprint density at radius 1 is 1.11 bits per heavy atom. The van der Waals surface area contributed by atoms with E-state index >= 15 is 0 Å². The van der Waals surface area contributed by atoms with E-state index in [9.17, 15) is 17.6 Å². The summed E-state index contributed by atoms with van der Waals surface area (Å²) >= 11 is 0. The predicted molar refractivity (Wildman–Crippen MR) is 95.7 cm³/mol. The highest BCUT2D eigenvalue weighted by Crippen LogP contribution is 2.28. The Morgan fingerprint density at radius 2 is 1.85 bits per heavy atom. The fourth-order valence-corrected chi connectivity index (χ4v) is 2.72. The molecule has 0 spiro atoms. The number of aromatic nitrogens is 2. The summed E-state index contributed by atoms with van der Waals surface area (Å²) in [7, 11) is 0. The molecule has 3 rings (SSSR count). The molecule has 4 nitrogen and oxygen atoms in total. The largest absolute Gasteiger partial charge is 0.417 e. The zero-order valence-corrected chi connectivity index (χ0v) is 14.5. The number of halogens is 4. The molecule has 0 amide bonds. The first-order valence-electron chi connectivity index (χ1n) is 8.03. The van der Waals surface area contributed by atoms with Crippen LogP contribution < -0.4 is 5.43 Å². The van der Waals surface area contributed by atoms with E-state index in [1.807, 2.05) is 19.9 Å². The van der Waals surface area contributed by atoms with Crippen LogP contribution in [-0.2, 0) is 6.18 Å². The summed E-state index contributed by atoms with van der Waals surface area (Å²) in [5, 5.41) is 4.01. The first-order chi connectivity index (χ1) is 12.8. The fourth-order valence-electron chi connectivity index (χ4n) is 2.72. The minimum atomic E-state index is -4.43. The van der Waals surface area contributed by atoms with Crippen LogP contribution in [0.3, 0.4) is 0 Å². The van der Waals surface area contributed by atoms with Crippen LogP contribution in [0.25, 0.3) is 5.69 Å². The number of benzene rings is 1. The Bertz CT molecular complexity index is 972. The Balaban J connectivity index is 1.79. The third-order valence-electron chi connectivity index (χ3n) is 4.04. The summed E-state index contributed by atoms with van der Waals surface area (Å²) in [6, 6.07) is 10.4. The standard InChI is InChI=1S/C19H16F4N4/c1-12-9-14(13(2)27(12)17-6-4-3-5-16(17)20)10-25-26-18-8-7-15(11-24-18)19(21,22)23/h3-11H,1-2H3,(H,24,26)/b25-10-. The minimum absolute atomic E-state index is 0.183. The molecule has 27 heavy (non-hydrogen) atoms. The van der Waals surface area contributed by atoms with Crippen molar-refractivity contribution in [1.29, 1.82) is 0 Å². The number of hydrogen-bond acceptors (Lipinski definition) is 3. The van der Waals surface area contributed by atoms with Gasteiger partial charge in [-0.2, -0.15) is 18.3 Å². The number of alkyl halides is 3. The molecule has 3 aromatic rings. The van der Waals surface area contributed by atoms with Gasteiger partial charge in [0, 0.05) is 23.1 Å². The van der Waals surface area contributed by atoms with Gasteiger partial charge < -0.3 is 4.57 Å². The first kappa shape index (κ1) is 18.6. The average Bonchev–Trinajstić information content (AvgIpc) is 2.89. The van der Waals surface area contributed by atoms with Gasteiger partial charge in [-0.15, -0.1) is 0 Å². The molecule has 8 heteroatoms. The molecular weight excluding hydrogens is 360 g/mol. The van der Waals surface area contributed by atoms with E-state index in [2.05, 4.69) is 15.5 Å². The van der Waals surface area contributed by atoms with E-state index < -0.39 is 11.7 Å². The smallest absolute Gasteiger partial charge is 0.315 e. The molecule has 0 saturated carbocycles. The summed E-state index contributed by atoms with van der Waals surface area (Å²) in [4.78, 5) is 3.68. The second kappa shape index (κ2) is 7.22. The van der Waals surface area contributed by atoms with Gasteiger partial charge in [-0.1, -0.05) is 12.1 Å². The first-order valence-corrected chi connectivity index (χ1v) is 8.03. The molecule has 0 aliphatic rings. The zero-order chi connectivity index (χ0) is 19.6. The van der Waals surface area contributed by atoms with Crippen LogP contribution in [0.15, 0.2) is 53.8 Å². The fraction of sp³-hybridized carbons (Fsp3) is 0.158. The maximum Gasteiger partial charge on any atom is 0.417 e. The lowest BCUT2D eigenvalue weighted by Gasteiger charge is -2.10. The maximum atomic E-state index is 14.1. The van der Waals surface area contributed by atoms with E-state index in [0.29, 0.717) is 5.69 Å². The Labute approximate surface area is 153 Å². The van der Waals surface area contributed by atoms with Crippen LogP contribution in [0.2, 0.25) is 0 Å². The van der Waals surface area contributed by atoms with Gasteiger partial charge in [0.25, 0.3) is 0 Å². The van der Waals surface area contributed by atoms with E-state index in [1.54, 1.807) is 22.8 Å². The van der Waals surface area contributed by atoms with Crippen LogP contribution in [0.1, 0.15) is 22.5 Å². The van der Waals surface area contributed by atoms with Gasteiger partial charge in [-0.25, -0.2) is 9.37 Å². The van der Waals surface area contributed by atoms with E-state index in [1.165, 1.54) is 18.3 Å². The van der Waals surface area contributed by atoms with Crippen molar-refractivity contribution in [3.8, 4) is 5.69 Å². The SMILES string of the molecule is Cc1cc(/C=N\Nc2ccc(C(F)(F)F)cn2)c(C)n1-c1ccccc1F. The third kappa shape index (κ3) is 3.99. The molecule has 140 valence electrons. The number of nitrogens with zero attached hydrogens (tertiary/aromatic N) is 3. The summed E-state index contributed by atoms with van der Waals surface area (Å²) in [5.74, 6) is -0.156. The Hall–Kier alpha value is -3.16. The second-order valence-electron chi connectivity index (χ2n) is 5.91. The lowest BCUT2D eigenvalue weighted by molar-refractivity contribution is -0.137. The molecule has 0 saturated heterocycles. The topological polar surface area (TPSA) is 42.2 Å². The Kier molecular flexibility index (Phi) is 4.98. The summed E-state index contributed by atoms with van der Waals surface area (Å²) < 4.78 is 53.4. The normalized spacial score (nSPS) is 11.9. The number of aryl methyl sites for hydroxylation is 1. The summed E-state index contributed by atoms with van der Waals surface area (Å²) in [5.41, 5.74) is 4.55.